The maximum absolute atomic E-state index is 13.3. The first-order valence-electron chi connectivity index (χ1n) is 13.0. The van der Waals surface area contributed by atoms with Crippen molar-refractivity contribution in [2.24, 2.45) is 0 Å². The van der Waals surface area contributed by atoms with Gasteiger partial charge in [-0.25, -0.2) is 0 Å². The Morgan fingerprint density at radius 1 is 1.24 bits per heavy atom. The summed E-state index contributed by atoms with van der Waals surface area (Å²) in [5.41, 5.74) is 1.41. The molecule has 0 aliphatic carbocycles. The number of nitrogens with zero attached hydrogens (tertiary/aromatic N) is 3. The number of ether oxygens (including phenoxy) is 1. The Labute approximate surface area is 234 Å². The summed E-state index contributed by atoms with van der Waals surface area (Å²) >= 11 is 0.499. The van der Waals surface area contributed by atoms with Crippen molar-refractivity contribution in [3.05, 3.63) is 54.5 Å². The standard InChI is InChI=1S/C27H34AsN6O3S/c1-3-34(4-2)13-14-37-21-9-5-7-19(15-21)23-16-22(25(35)32-20-8-6-10-29-17-20)26(38-23)33-27(36)28-24-18-30-11-12-31-24/h5,7,9,11-12,15-16,18,20,29H,3-4,6,8,10,13-14,17H2,1-2H3,(H,32,35)(H,33,36). The van der Waals surface area contributed by atoms with Gasteiger partial charge in [0.25, 0.3) is 0 Å². The van der Waals surface area contributed by atoms with Crippen LogP contribution in [0.4, 0.5) is 9.80 Å². The van der Waals surface area contributed by atoms with Crippen molar-refractivity contribution in [2.75, 3.05) is 44.6 Å². The van der Waals surface area contributed by atoms with Crippen molar-refractivity contribution < 1.29 is 14.3 Å². The number of anilines is 1. The van der Waals surface area contributed by atoms with E-state index in [-0.39, 0.29) is 16.6 Å². The number of aromatic nitrogens is 2. The number of carbonyl (C=O) groups is 2. The number of benzene rings is 1. The molecular formula is C27H34AsN6O3S. The van der Waals surface area contributed by atoms with Crippen LogP contribution in [0.25, 0.3) is 10.4 Å². The van der Waals surface area contributed by atoms with Gasteiger partial charge in [0.1, 0.15) is 0 Å². The van der Waals surface area contributed by atoms with Crippen LogP contribution in [-0.4, -0.2) is 86.6 Å². The van der Waals surface area contributed by atoms with Crippen molar-refractivity contribution in [3.63, 3.8) is 0 Å². The summed E-state index contributed by atoms with van der Waals surface area (Å²) in [6.07, 6.45) is 6.72. The second-order valence-electron chi connectivity index (χ2n) is 8.88. The van der Waals surface area contributed by atoms with E-state index in [1.807, 2.05) is 30.3 Å². The van der Waals surface area contributed by atoms with E-state index in [1.54, 1.807) is 18.6 Å². The van der Waals surface area contributed by atoms with Crippen LogP contribution in [0, 0.1) is 0 Å². The van der Waals surface area contributed by atoms with Crippen LogP contribution in [0.2, 0.25) is 0 Å². The van der Waals surface area contributed by atoms with E-state index in [1.165, 1.54) is 11.3 Å². The SMILES string of the molecule is CCN(CC)CCOc1cccc(-c2cc(C(=O)NC3CCCNC3)c(NC(=O)[As]c3cnccn3)s2)c1. The fourth-order valence-electron chi connectivity index (χ4n) is 4.18. The van der Waals surface area contributed by atoms with E-state index in [9.17, 15) is 9.59 Å². The number of thiophene rings is 1. The molecule has 2 aromatic heterocycles. The van der Waals surface area contributed by atoms with Gasteiger partial charge >= 0.3 is 208 Å². The first-order chi connectivity index (χ1) is 18.6. The molecule has 3 N–H and O–H groups in total. The minimum atomic E-state index is -0.894. The number of hydrogen-bond donors (Lipinski definition) is 3. The van der Waals surface area contributed by atoms with Crippen LogP contribution in [0.5, 0.6) is 5.75 Å². The molecule has 11 heteroatoms. The predicted octanol–water partition coefficient (Wildman–Crippen LogP) is 2.97. The van der Waals surface area contributed by atoms with Gasteiger partial charge in [-0.05, 0) is 13.1 Å². The number of hydrogen-bond acceptors (Lipinski definition) is 8. The molecule has 2 amide bonds. The van der Waals surface area contributed by atoms with Gasteiger partial charge < -0.3 is 0 Å². The van der Waals surface area contributed by atoms with E-state index >= 15 is 0 Å². The van der Waals surface area contributed by atoms with Gasteiger partial charge in [0.05, 0.1) is 0 Å². The second kappa shape index (κ2) is 14.4. The molecule has 1 aliphatic rings. The van der Waals surface area contributed by atoms with Crippen LogP contribution in [0.15, 0.2) is 48.9 Å². The summed E-state index contributed by atoms with van der Waals surface area (Å²) in [6.45, 7) is 9.44. The van der Waals surface area contributed by atoms with Gasteiger partial charge in [0, 0.05) is 0 Å². The van der Waals surface area contributed by atoms with Gasteiger partial charge in [-0.2, -0.15) is 0 Å². The molecule has 1 unspecified atom stereocenters. The van der Waals surface area contributed by atoms with E-state index < -0.39 is 15.8 Å². The molecule has 201 valence electrons. The van der Waals surface area contributed by atoms with Gasteiger partial charge in [0.2, 0.25) is 0 Å². The quantitative estimate of drug-likeness (QED) is 0.276. The Morgan fingerprint density at radius 2 is 2.11 bits per heavy atom. The Bertz CT molecular complexity index is 1200. The van der Waals surface area contributed by atoms with Crippen LogP contribution in [0.3, 0.4) is 0 Å². The van der Waals surface area contributed by atoms with Crippen LogP contribution in [-0.2, 0) is 0 Å². The summed E-state index contributed by atoms with van der Waals surface area (Å²) in [7, 11) is 0. The number of amides is 2. The molecule has 38 heavy (non-hydrogen) atoms. The molecule has 1 atom stereocenters. The number of nitrogens with one attached hydrogen (secondary N) is 3. The molecular weight excluding hydrogens is 563 g/mol. The third-order valence-corrected chi connectivity index (χ3v) is 9.01. The average Bonchev–Trinajstić information content (AvgIpc) is 3.36. The molecule has 0 bridgehead atoms. The Morgan fingerprint density at radius 3 is 2.84 bits per heavy atom. The molecule has 1 aromatic carbocycles. The van der Waals surface area contributed by atoms with Crippen LogP contribution < -0.4 is 25.2 Å². The summed E-state index contributed by atoms with van der Waals surface area (Å²) in [6, 6.07) is 9.80. The number of rotatable bonds is 12. The average molecular weight is 598 g/mol. The minimum absolute atomic E-state index is 0.0663. The first kappa shape index (κ1) is 28.2. The molecule has 1 aliphatic heterocycles. The van der Waals surface area contributed by atoms with Gasteiger partial charge in [-0.1, -0.05) is 13.8 Å². The third-order valence-electron chi connectivity index (χ3n) is 6.28. The fourth-order valence-corrected chi connectivity index (χ4v) is 6.70. The van der Waals surface area contributed by atoms with Gasteiger partial charge in [0.15, 0.2) is 0 Å². The second-order valence-corrected chi connectivity index (χ2v) is 12.2. The Hall–Kier alpha value is -2.78. The summed E-state index contributed by atoms with van der Waals surface area (Å²) in [4.78, 5) is 37.7. The summed E-state index contributed by atoms with van der Waals surface area (Å²) < 4.78 is 6.52. The van der Waals surface area contributed by atoms with Crippen molar-refractivity contribution >= 4 is 47.2 Å². The fraction of sp³-hybridized carbons (Fsp3) is 0.407. The molecule has 0 spiro atoms. The molecule has 3 aromatic rings. The maximum atomic E-state index is 13.3. The summed E-state index contributed by atoms with van der Waals surface area (Å²) in [5, 5.41) is 9.98. The van der Waals surface area contributed by atoms with E-state index in [4.69, 9.17) is 4.74 Å². The normalized spacial score (nSPS) is 15.6. The van der Waals surface area contributed by atoms with Crippen LogP contribution in [0.1, 0.15) is 37.0 Å². The van der Waals surface area contributed by atoms with Crippen molar-refractivity contribution in [2.45, 2.75) is 32.7 Å². The van der Waals surface area contributed by atoms with Crippen molar-refractivity contribution in [3.8, 4) is 16.2 Å². The molecule has 1 radical (unpaired) electrons. The van der Waals surface area contributed by atoms with Crippen LogP contribution >= 0.6 is 11.3 Å². The van der Waals surface area contributed by atoms with Crippen molar-refractivity contribution in [1.29, 1.82) is 0 Å². The zero-order valence-corrected chi connectivity index (χ0v) is 24.5. The summed E-state index contributed by atoms with van der Waals surface area (Å²) in [5.74, 6) is 0.597. The Kier molecular flexibility index (Phi) is 10.7. The molecule has 1 fully saturated rings. The number of likely N-dealkylation sites (N-methyl/N-ethyl adjacent to an activating group) is 1. The van der Waals surface area contributed by atoms with E-state index in [0.29, 0.717) is 21.7 Å². The molecule has 1 saturated heterocycles. The van der Waals surface area contributed by atoms with Gasteiger partial charge in [-0.3, -0.25) is 0 Å². The third kappa shape index (κ3) is 8.11. The molecule has 3 heterocycles. The Balaban J connectivity index is 1.52. The van der Waals surface area contributed by atoms with E-state index in [0.717, 1.165) is 61.8 Å². The van der Waals surface area contributed by atoms with Crippen molar-refractivity contribution in [1.82, 2.24) is 25.5 Å². The first-order valence-corrected chi connectivity index (χ1v) is 15.6. The zero-order valence-electron chi connectivity index (χ0n) is 21.8. The topological polar surface area (TPSA) is 108 Å². The molecule has 4 rings (SSSR count). The zero-order chi connectivity index (χ0) is 26.7. The van der Waals surface area contributed by atoms with E-state index in [2.05, 4.69) is 44.7 Å². The number of carbonyl (C=O) groups excluding carboxylic acids is 2. The molecule has 0 saturated carbocycles. The monoisotopic (exact) mass is 597 g/mol. The predicted molar refractivity (Wildman–Crippen MR) is 153 cm³/mol. The van der Waals surface area contributed by atoms with Gasteiger partial charge in [-0.15, -0.1) is 0 Å². The number of piperidine rings is 1. The molecule has 9 nitrogen and oxygen atoms in total.